The van der Waals surface area contributed by atoms with Crippen LogP contribution in [0, 0.1) is 11.2 Å². The van der Waals surface area contributed by atoms with Crippen LogP contribution in [-0.2, 0) is 6.42 Å². The summed E-state index contributed by atoms with van der Waals surface area (Å²) < 4.78 is 0. The molecule has 0 unspecified atom stereocenters. The number of aromatic nitrogens is 2. The molecule has 0 saturated carbocycles. The largest absolute Gasteiger partial charge is 0.397 e. The maximum atomic E-state index is 9.00. The maximum absolute atomic E-state index is 9.00. The van der Waals surface area contributed by atoms with E-state index in [9.17, 15) is 0 Å². The van der Waals surface area contributed by atoms with Crippen molar-refractivity contribution in [3.8, 4) is 5.97 Å². The molecule has 0 atom stereocenters. The molecule has 4 N–H and O–H groups in total. The van der Waals surface area contributed by atoms with Gasteiger partial charge < -0.3 is 11.6 Å². The zero-order valence-electron chi connectivity index (χ0n) is 13.6. The van der Waals surface area contributed by atoms with Crippen molar-refractivity contribution in [2.75, 3.05) is 11.6 Å². The minimum atomic E-state index is 0.223. The summed E-state index contributed by atoms with van der Waals surface area (Å²) in [6.07, 6.45) is 10.0. The van der Waals surface area contributed by atoms with Crippen molar-refractivity contribution >= 4 is 24.3 Å². The average molecular weight is 320 g/mol. The number of aliphatic imine (C=N–C) groups is 1. The van der Waals surface area contributed by atoms with E-state index < -0.39 is 0 Å². The van der Waals surface area contributed by atoms with Gasteiger partial charge in [0.25, 0.3) is 6.71 Å². The Morgan fingerprint density at radius 2 is 2.21 bits per heavy atom. The van der Waals surface area contributed by atoms with Gasteiger partial charge >= 0.3 is 0 Å². The highest BCUT2D eigenvalue weighted by atomic mass is 15.5. The second-order valence-corrected chi connectivity index (χ2v) is 6.34. The second-order valence-electron chi connectivity index (χ2n) is 6.34. The lowest BCUT2D eigenvalue weighted by Crippen LogP contribution is -2.18. The highest BCUT2D eigenvalue weighted by Crippen LogP contribution is 2.36. The first-order valence-corrected chi connectivity index (χ1v) is 8.26. The highest BCUT2D eigenvalue weighted by Gasteiger charge is 2.25. The molecule has 0 spiro atoms. The lowest BCUT2D eigenvalue weighted by molar-refractivity contribution is 0.611. The van der Waals surface area contributed by atoms with Gasteiger partial charge in [-0.3, -0.25) is 4.99 Å². The first-order valence-electron chi connectivity index (χ1n) is 8.26. The minimum absolute atomic E-state index is 0.223. The van der Waals surface area contributed by atoms with Crippen LogP contribution in [0.3, 0.4) is 0 Å². The van der Waals surface area contributed by atoms with E-state index in [4.69, 9.17) is 16.8 Å². The van der Waals surface area contributed by atoms with Gasteiger partial charge in [-0.05, 0) is 29.2 Å². The average Bonchev–Trinajstić information content (AvgIpc) is 3.02. The summed E-state index contributed by atoms with van der Waals surface area (Å²) in [6, 6.07) is 6.12. The third-order valence-electron chi connectivity index (χ3n) is 4.65. The number of rotatable bonds is 4. The van der Waals surface area contributed by atoms with Gasteiger partial charge in [0.1, 0.15) is 0 Å². The van der Waals surface area contributed by atoms with Gasteiger partial charge in [0, 0.05) is 18.6 Å². The molecule has 1 fully saturated rings. The molecule has 1 aliphatic heterocycles. The Kier molecular flexibility index (Phi) is 4.85. The minimum Gasteiger partial charge on any atom is -0.397 e. The van der Waals surface area contributed by atoms with Gasteiger partial charge in [-0.15, -0.1) is 0 Å². The molecule has 24 heavy (non-hydrogen) atoms. The SMILES string of the molecule is N#CB1CCC(c2ccc(N=CCc3cnn(N)c3)c(N)c2)CC1. The number of anilines is 1. The molecule has 0 radical (unpaired) electrons. The fourth-order valence-corrected chi connectivity index (χ4v) is 3.23. The Morgan fingerprint density at radius 3 is 2.83 bits per heavy atom. The number of benzene rings is 1. The molecule has 1 saturated heterocycles. The van der Waals surface area contributed by atoms with Gasteiger partial charge in [0.15, 0.2) is 0 Å². The number of nitrogens with zero attached hydrogens (tertiary/aromatic N) is 4. The maximum Gasteiger partial charge on any atom is 0.267 e. The van der Waals surface area contributed by atoms with E-state index in [-0.39, 0.29) is 6.71 Å². The number of hydrogen-bond donors (Lipinski definition) is 2. The summed E-state index contributed by atoms with van der Waals surface area (Å²) in [4.78, 5) is 5.74. The molecule has 3 rings (SSSR count). The molecule has 2 heterocycles. The predicted octanol–water partition coefficient (Wildman–Crippen LogP) is 2.56. The quantitative estimate of drug-likeness (QED) is 0.391. The van der Waals surface area contributed by atoms with Crippen LogP contribution in [0.4, 0.5) is 11.4 Å². The number of nitrogen functional groups attached to an aromatic ring is 2. The van der Waals surface area contributed by atoms with Crippen molar-refractivity contribution in [1.82, 2.24) is 9.89 Å². The summed E-state index contributed by atoms with van der Waals surface area (Å²) in [5.41, 5.74) is 9.90. The van der Waals surface area contributed by atoms with Crippen molar-refractivity contribution < 1.29 is 0 Å². The second kappa shape index (κ2) is 7.22. The van der Waals surface area contributed by atoms with Gasteiger partial charge in [0.2, 0.25) is 0 Å². The number of nitriles is 1. The molecule has 1 aliphatic rings. The van der Waals surface area contributed by atoms with Crippen LogP contribution >= 0.6 is 0 Å². The van der Waals surface area contributed by atoms with Crippen molar-refractivity contribution in [1.29, 1.82) is 5.26 Å². The molecule has 6 nitrogen and oxygen atoms in total. The molecule has 7 heteroatoms. The first kappa shape index (κ1) is 16.1. The Labute approximate surface area is 142 Å². The van der Waals surface area contributed by atoms with E-state index in [2.05, 4.69) is 22.1 Å². The van der Waals surface area contributed by atoms with Crippen molar-refractivity contribution in [2.45, 2.75) is 37.8 Å². The third-order valence-corrected chi connectivity index (χ3v) is 4.65. The van der Waals surface area contributed by atoms with Crippen LogP contribution in [-0.4, -0.2) is 22.8 Å². The first-order chi connectivity index (χ1) is 11.7. The molecule has 0 bridgehead atoms. The summed E-state index contributed by atoms with van der Waals surface area (Å²) in [5.74, 6) is 8.40. The summed E-state index contributed by atoms with van der Waals surface area (Å²) in [5, 5.41) is 12.9. The van der Waals surface area contributed by atoms with Gasteiger partial charge in [-0.25, -0.2) is 5.26 Å². The molecular formula is C17H21BN6. The topological polar surface area (TPSA) is 106 Å². The van der Waals surface area contributed by atoms with Gasteiger partial charge in [0.05, 0.1) is 23.8 Å². The van der Waals surface area contributed by atoms with Gasteiger partial charge in [-0.1, -0.05) is 31.5 Å². The van der Waals surface area contributed by atoms with Gasteiger partial charge in [-0.2, -0.15) is 9.89 Å². The van der Waals surface area contributed by atoms with Crippen LogP contribution in [0.1, 0.15) is 29.9 Å². The summed E-state index contributed by atoms with van der Waals surface area (Å²) in [6.45, 7) is 0.223. The van der Waals surface area contributed by atoms with E-state index in [0.29, 0.717) is 18.0 Å². The molecule has 2 aromatic rings. The molecule has 1 aromatic heterocycles. The monoisotopic (exact) mass is 320 g/mol. The lowest BCUT2D eigenvalue weighted by Gasteiger charge is -2.23. The van der Waals surface area contributed by atoms with E-state index in [1.165, 1.54) is 10.4 Å². The van der Waals surface area contributed by atoms with Crippen molar-refractivity contribution in [3.63, 3.8) is 0 Å². The fourth-order valence-electron chi connectivity index (χ4n) is 3.23. The van der Waals surface area contributed by atoms with Crippen molar-refractivity contribution in [3.05, 3.63) is 41.7 Å². The Bertz CT molecular complexity index is 768. The van der Waals surface area contributed by atoms with E-state index >= 15 is 0 Å². The molecular weight excluding hydrogens is 299 g/mol. The zero-order chi connectivity index (χ0) is 16.9. The van der Waals surface area contributed by atoms with Crippen LogP contribution < -0.4 is 11.6 Å². The zero-order valence-corrected chi connectivity index (χ0v) is 13.6. The fraction of sp³-hybridized carbons (Fsp3) is 0.353. The summed E-state index contributed by atoms with van der Waals surface area (Å²) >= 11 is 0. The number of hydrogen-bond acceptors (Lipinski definition) is 5. The van der Waals surface area contributed by atoms with Crippen LogP contribution in [0.5, 0.6) is 0 Å². The standard InChI is InChI=1S/C17H21BN6/c19-12-18-6-3-14(4-7-18)15-1-2-17(16(20)9-15)22-8-5-13-10-23-24(21)11-13/h1-2,8-11,14H,3-7,20-21H2. The predicted molar refractivity (Wildman–Crippen MR) is 98.0 cm³/mol. The van der Waals surface area contributed by atoms with E-state index in [0.717, 1.165) is 36.7 Å². The van der Waals surface area contributed by atoms with Crippen LogP contribution in [0.2, 0.25) is 12.6 Å². The number of nitrogens with two attached hydrogens (primary N) is 2. The Balaban J connectivity index is 1.63. The lowest BCUT2D eigenvalue weighted by atomic mass is 9.41. The summed E-state index contributed by atoms with van der Waals surface area (Å²) in [7, 11) is 0. The third kappa shape index (κ3) is 3.77. The van der Waals surface area contributed by atoms with Crippen LogP contribution in [0.25, 0.3) is 0 Å². The molecule has 122 valence electrons. The van der Waals surface area contributed by atoms with E-state index in [1.807, 2.05) is 18.3 Å². The van der Waals surface area contributed by atoms with E-state index in [1.54, 1.807) is 12.4 Å². The molecule has 1 aromatic carbocycles. The molecule has 0 amide bonds. The van der Waals surface area contributed by atoms with Crippen molar-refractivity contribution in [2.24, 2.45) is 4.99 Å². The Morgan fingerprint density at radius 1 is 1.42 bits per heavy atom. The normalized spacial score (nSPS) is 15.7. The highest BCUT2D eigenvalue weighted by molar-refractivity contribution is 6.67. The smallest absolute Gasteiger partial charge is 0.267 e. The molecule has 0 aliphatic carbocycles. The Hall–Kier alpha value is -2.75. The van der Waals surface area contributed by atoms with Crippen LogP contribution in [0.15, 0.2) is 35.6 Å².